The normalized spacial score (nSPS) is 11.5. The third kappa shape index (κ3) is 5.91. The number of nitrogens with two attached hydrogens (primary N) is 2. The highest BCUT2D eigenvalue weighted by Gasteiger charge is 2.09. The molecule has 0 fully saturated rings. The summed E-state index contributed by atoms with van der Waals surface area (Å²) >= 11 is 0. The molecule has 1 rings (SSSR count). The average molecular weight is 287 g/mol. The zero-order chi connectivity index (χ0) is 14.3. The first-order valence-corrected chi connectivity index (χ1v) is 7.73. The first-order valence-electron chi connectivity index (χ1n) is 6.18. The molecule has 0 heterocycles. The Morgan fingerprint density at radius 1 is 1.26 bits per heavy atom. The van der Waals surface area contributed by atoms with Gasteiger partial charge in [0.1, 0.15) is 0 Å². The third-order valence-electron chi connectivity index (χ3n) is 2.48. The zero-order valence-electron chi connectivity index (χ0n) is 11.1. The molecule has 5 N–H and O–H groups in total. The molecule has 0 saturated carbocycles. The maximum absolute atomic E-state index is 11.3. The van der Waals surface area contributed by atoms with Gasteiger partial charge in [0.2, 0.25) is 10.0 Å². The number of ether oxygens (including phenoxy) is 1. The van der Waals surface area contributed by atoms with E-state index in [2.05, 4.69) is 12.2 Å². The fourth-order valence-corrected chi connectivity index (χ4v) is 2.10. The number of primary sulfonamides is 1. The number of anilines is 2. The van der Waals surface area contributed by atoms with Crippen LogP contribution in [0.15, 0.2) is 23.1 Å². The van der Waals surface area contributed by atoms with Crippen LogP contribution in [0, 0.1) is 0 Å². The molecule has 0 amide bonds. The fourth-order valence-electron chi connectivity index (χ4n) is 1.50. The van der Waals surface area contributed by atoms with Gasteiger partial charge in [-0.05, 0) is 24.6 Å². The Morgan fingerprint density at radius 3 is 2.63 bits per heavy atom. The molecule has 108 valence electrons. The standard InChI is InChI=1S/C12H21N3O3S/c1-2-3-5-18-6-4-15-11-7-10(13)8-12(9-11)19(14,16)17/h7-9,15H,2-6,13H2,1H3,(H2,14,16,17). The highest BCUT2D eigenvalue weighted by molar-refractivity contribution is 7.89. The van der Waals surface area contributed by atoms with Crippen molar-refractivity contribution in [2.75, 3.05) is 30.8 Å². The quantitative estimate of drug-likeness (QED) is 0.491. The van der Waals surface area contributed by atoms with Gasteiger partial charge < -0.3 is 15.8 Å². The highest BCUT2D eigenvalue weighted by atomic mass is 32.2. The summed E-state index contributed by atoms with van der Waals surface area (Å²) in [4.78, 5) is 0.00176. The molecular formula is C12H21N3O3S. The number of hydrogen-bond donors (Lipinski definition) is 3. The van der Waals surface area contributed by atoms with Crippen molar-refractivity contribution in [2.24, 2.45) is 5.14 Å². The molecule has 1 aromatic carbocycles. The molecule has 0 saturated heterocycles. The summed E-state index contributed by atoms with van der Waals surface area (Å²) in [6.07, 6.45) is 2.13. The molecule has 19 heavy (non-hydrogen) atoms. The van der Waals surface area contributed by atoms with Crippen LogP contribution in [0.4, 0.5) is 11.4 Å². The van der Waals surface area contributed by atoms with Gasteiger partial charge in [-0.2, -0.15) is 0 Å². The summed E-state index contributed by atoms with van der Waals surface area (Å²) in [5.74, 6) is 0. The summed E-state index contributed by atoms with van der Waals surface area (Å²) in [6.45, 7) is 3.97. The summed E-state index contributed by atoms with van der Waals surface area (Å²) in [6, 6.07) is 4.44. The SMILES string of the molecule is CCCCOCCNc1cc(N)cc(S(N)(=O)=O)c1. The fraction of sp³-hybridized carbons (Fsp3) is 0.500. The van der Waals surface area contributed by atoms with Crippen LogP contribution in [0.25, 0.3) is 0 Å². The lowest BCUT2D eigenvalue weighted by Gasteiger charge is -2.09. The van der Waals surface area contributed by atoms with E-state index in [1.807, 2.05) is 0 Å². The van der Waals surface area contributed by atoms with Crippen molar-refractivity contribution >= 4 is 21.4 Å². The van der Waals surface area contributed by atoms with Crippen molar-refractivity contribution in [3.63, 3.8) is 0 Å². The number of rotatable bonds is 8. The molecule has 0 radical (unpaired) electrons. The number of nitrogen functional groups attached to an aromatic ring is 1. The van der Waals surface area contributed by atoms with Gasteiger partial charge in [0, 0.05) is 24.5 Å². The maximum atomic E-state index is 11.3. The lowest BCUT2D eigenvalue weighted by Crippen LogP contribution is -2.14. The molecule has 0 unspecified atom stereocenters. The van der Waals surface area contributed by atoms with Gasteiger partial charge >= 0.3 is 0 Å². The Bertz CT molecular complexity index is 503. The minimum absolute atomic E-state index is 0.00176. The third-order valence-corrected chi connectivity index (χ3v) is 3.37. The summed E-state index contributed by atoms with van der Waals surface area (Å²) < 4.78 is 27.9. The Labute approximate surface area is 114 Å². The van der Waals surface area contributed by atoms with E-state index in [4.69, 9.17) is 15.6 Å². The molecule has 7 heteroatoms. The van der Waals surface area contributed by atoms with Crippen LogP contribution in [0.5, 0.6) is 0 Å². The molecule has 0 aliphatic carbocycles. The Morgan fingerprint density at radius 2 is 2.00 bits per heavy atom. The Kier molecular flexibility index (Phi) is 6.07. The Balaban J connectivity index is 2.52. The molecular weight excluding hydrogens is 266 g/mol. The minimum Gasteiger partial charge on any atom is -0.399 e. The molecule has 0 aliphatic rings. The van der Waals surface area contributed by atoms with Crippen LogP contribution in [0.2, 0.25) is 0 Å². The van der Waals surface area contributed by atoms with E-state index in [-0.39, 0.29) is 4.90 Å². The minimum atomic E-state index is -3.74. The van der Waals surface area contributed by atoms with Gasteiger partial charge in [-0.3, -0.25) is 0 Å². The van der Waals surface area contributed by atoms with E-state index in [0.717, 1.165) is 19.4 Å². The van der Waals surface area contributed by atoms with Crippen LogP contribution in [0.3, 0.4) is 0 Å². The van der Waals surface area contributed by atoms with E-state index < -0.39 is 10.0 Å². The van der Waals surface area contributed by atoms with Crippen LogP contribution in [0.1, 0.15) is 19.8 Å². The smallest absolute Gasteiger partial charge is 0.238 e. The number of benzene rings is 1. The molecule has 0 aliphatic heterocycles. The zero-order valence-corrected chi connectivity index (χ0v) is 11.9. The van der Waals surface area contributed by atoms with Crippen LogP contribution in [-0.2, 0) is 14.8 Å². The van der Waals surface area contributed by atoms with Crippen LogP contribution >= 0.6 is 0 Å². The van der Waals surface area contributed by atoms with Gasteiger partial charge in [0.15, 0.2) is 0 Å². The first kappa shape index (κ1) is 15.7. The van der Waals surface area contributed by atoms with E-state index in [1.165, 1.54) is 12.1 Å². The van der Waals surface area contributed by atoms with E-state index >= 15 is 0 Å². The average Bonchev–Trinajstić information content (AvgIpc) is 2.32. The molecule has 0 aromatic heterocycles. The number of hydrogen-bond acceptors (Lipinski definition) is 5. The highest BCUT2D eigenvalue weighted by Crippen LogP contribution is 2.19. The second-order valence-corrected chi connectivity index (χ2v) is 5.79. The van der Waals surface area contributed by atoms with Crippen molar-refractivity contribution in [1.29, 1.82) is 0 Å². The van der Waals surface area contributed by atoms with Crippen LogP contribution < -0.4 is 16.2 Å². The summed E-state index contributed by atoms with van der Waals surface area (Å²) in [7, 11) is -3.74. The van der Waals surface area contributed by atoms with Gasteiger partial charge in [-0.15, -0.1) is 0 Å². The van der Waals surface area contributed by atoms with E-state index in [1.54, 1.807) is 6.07 Å². The number of unbranched alkanes of at least 4 members (excludes halogenated alkanes) is 1. The lowest BCUT2D eigenvalue weighted by atomic mass is 10.3. The predicted octanol–water partition coefficient (Wildman–Crippen LogP) is 1.14. The second kappa shape index (κ2) is 7.32. The first-order chi connectivity index (χ1) is 8.93. The summed E-state index contributed by atoms with van der Waals surface area (Å²) in [5.41, 5.74) is 6.60. The number of nitrogens with one attached hydrogen (secondary N) is 1. The predicted molar refractivity (Wildman–Crippen MR) is 76.4 cm³/mol. The molecule has 0 atom stereocenters. The largest absolute Gasteiger partial charge is 0.399 e. The topological polar surface area (TPSA) is 107 Å². The van der Waals surface area contributed by atoms with Crippen molar-refractivity contribution in [1.82, 2.24) is 0 Å². The van der Waals surface area contributed by atoms with Gasteiger partial charge in [-0.1, -0.05) is 13.3 Å². The van der Waals surface area contributed by atoms with Crippen molar-refractivity contribution < 1.29 is 13.2 Å². The second-order valence-electron chi connectivity index (χ2n) is 4.23. The molecule has 0 bridgehead atoms. The van der Waals surface area contributed by atoms with Crippen molar-refractivity contribution in [3.05, 3.63) is 18.2 Å². The monoisotopic (exact) mass is 287 g/mol. The van der Waals surface area contributed by atoms with E-state index in [0.29, 0.717) is 24.5 Å². The molecule has 0 spiro atoms. The van der Waals surface area contributed by atoms with Gasteiger partial charge in [-0.25, -0.2) is 13.6 Å². The molecule has 6 nitrogen and oxygen atoms in total. The van der Waals surface area contributed by atoms with Gasteiger partial charge in [0.25, 0.3) is 0 Å². The Hall–Kier alpha value is -1.31. The van der Waals surface area contributed by atoms with Crippen molar-refractivity contribution in [3.8, 4) is 0 Å². The lowest BCUT2D eigenvalue weighted by molar-refractivity contribution is 0.141. The maximum Gasteiger partial charge on any atom is 0.238 e. The number of sulfonamides is 1. The molecule has 1 aromatic rings. The van der Waals surface area contributed by atoms with Gasteiger partial charge in [0.05, 0.1) is 11.5 Å². The summed E-state index contributed by atoms with van der Waals surface area (Å²) in [5, 5.41) is 8.12. The van der Waals surface area contributed by atoms with Crippen molar-refractivity contribution in [2.45, 2.75) is 24.7 Å². The van der Waals surface area contributed by atoms with E-state index in [9.17, 15) is 8.42 Å². The van der Waals surface area contributed by atoms with Crippen LogP contribution in [-0.4, -0.2) is 28.2 Å².